The molecule has 1 fully saturated rings. The van der Waals surface area contributed by atoms with Gasteiger partial charge in [-0.25, -0.2) is 4.79 Å². The van der Waals surface area contributed by atoms with Crippen molar-refractivity contribution in [2.45, 2.75) is 33.2 Å². The third-order valence-electron chi connectivity index (χ3n) is 2.83. The minimum absolute atomic E-state index is 0.0374. The molecular formula is C10H17NO3. The zero-order chi connectivity index (χ0) is 10.9. The molecule has 0 bridgehead atoms. The summed E-state index contributed by atoms with van der Waals surface area (Å²) in [5, 5.41) is 0. The van der Waals surface area contributed by atoms with Gasteiger partial charge in [0.25, 0.3) is 0 Å². The summed E-state index contributed by atoms with van der Waals surface area (Å²) in [4.78, 5) is 24.6. The van der Waals surface area contributed by atoms with Gasteiger partial charge in [0.05, 0.1) is 7.11 Å². The molecular weight excluding hydrogens is 182 g/mol. The van der Waals surface area contributed by atoms with E-state index in [4.69, 9.17) is 0 Å². The van der Waals surface area contributed by atoms with E-state index in [-0.39, 0.29) is 17.3 Å². The van der Waals surface area contributed by atoms with E-state index in [1.54, 1.807) is 11.8 Å². The maximum Gasteiger partial charge on any atom is 0.328 e. The van der Waals surface area contributed by atoms with Crippen LogP contribution in [0, 0.1) is 5.41 Å². The minimum Gasteiger partial charge on any atom is -0.467 e. The number of ether oxygens (including phenoxy) is 1. The second kappa shape index (κ2) is 3.59. The lowest BCUT2D eigenvalue weighted by Crippen LogP contribution is -2.42. The Balaban J connectivity index is 2.73. The lowest BCUT2D eigenvalue weighted by atomic mass is 9.92. The van der Waals surface area contributed by atoms with Gasteiger partial charge >= 0.3 is 5.97 Å². The van der Waals surface area contributed by atoms with Crippen molar-refractivity contribution in [1.82, 2.24) is 4.90 Å². The molecule has 4 nitrogen and oxygen atoms in total. The molecule has 1 aliphatic rings. The molecule has 1 rings (SSSR count). The fourth-order valence-corrected chi connectivity index (χ4v) is 1.66. The SMILES string of the molecule is COC(=O)C(C)N1CCC(C)(C)C1=O. The lowest BCUT2D eigenvalue weighted by Gasteiger charge is -2.24. The van der Waals surface area contributed by atoms with Gasteiger partial charge in [0.15, 0.2) is 0 Å². The summed E-state index contributed by atoms with van der Waals surface area (Å²) in [6.07, 6.45) is 0.799. The Morgan fingerprint density at radius 1 is 1.57 bits per heavy atom. The van der Waals surface area contributed by atoms with Crippen molar-refractivity contribution in [1.29, 1.82) is 0 Å². The van der Waals surface area contributed by atoms with Crippen LogP contribution in [0.3, 0.4) is 0 Å². The average Bonchev–Trinajstić information content (AvgIpc) is 2.40. The van der Waals surface area contributed by atoms with Crippen LogP contribution in [0.5, 0.6) is 0 Å². The van der Waals surface area contributed by atoms with Crippen LogP contribution >= 0.6 is 0 Å². The molecule has 1 saturated heterocycles. The molecule has 4 heteroatoms. The average molecular weight is 199 g/mol. The van der Waals surface area contributed by atoms with Crippen LogP contribution in [0.25, 0.3) is 0 Å². The molecule has 0 aromatic carbocycles. The standard InChI is InChI=1S/C10H17NO3/c1-7(8(12)14-4)11-6-5-10(2,3)9(11)13/h7H,5-6H2,1-4H3. The maximum absolute atomic E-state index is 11.8. The Bertz CT molecular complexity index is 260. The van der Waals surface area contributed by atoms with Gasteiger partial charge in [-0.15, -0.1) is 0 Å². The monoisotopic (exact) mass is 199 g/mol. The molecule has 1 amide bonds. The summed E-state index contributed by atoms with van der Waals surface area (Å²) in [7, 11) is 1.34. The molecule has 0 aromatic heterocycles. The number of carbonyl (C=O) groups is 2. The molecule has 0 saturated carbocycles. The first-order valence-corrected chi connectivity index (χ1v) is 4.79. The number of hydrogen-bond donors (Lipinski definition) is 0. The topological polar surface area (TPSA) is 46.6 Å². The number of nitrogens with zero attached hydrogens (tertiary/aromatic N) is 1. The zero-order valence-corrected chi connectivity index (χ0v) is 9.16. The Kier molecular flexibility index (Phi) is 2.83. The van der Waals surface area contributed by atoms with Crippen LogP contribution in [0.4, 0.5) is 0 Å². The van der Waals surface area contributed by atoms with Crippen molar-refractivity contribution < 1.29 is 14.3 Å². The second-order valence-electron chi connectivity index (χ2n) is 4.33. The second-order valence-corrected chi connectivity index (χ2v) is 4.33. The van der Waals surface area contributed by atoms with Crippen LogP contribution in [0.15, 0.2) is 0 Å². The minimum atomic E-state index is -0.464. The smallest absolute Gasteiger partial charge is 0.328 e. The van der Waals surface area contributed by atoms with E-state index in [1.165, 1.54) is 7.11 Å². The molecule has 80 valence electrons. The number of rotatable bonds is 2. The van der Waals surface area contributed by atoms with Gasteiger partial charge in [-0.05, 0) is 13.3 Å². The van der Waals surface area contributed by atoms with Gasteiger partial charge in [-0.2, -0.15) is 0 Å². The molecule has 0 aromatic rings. The Hall–Kier alpha value is -1.06. The lowest BCUT2D eigenvalue weighted by molar-refractivity contribution is -0.152. The Morgan fingerprint density at radius 2 is 2.14 bits per heavy atom. The highest BCUT2D eigenvalue weighted by Gasteiger charge is 2.42. The van der Waals surface area contributed by atoms with Gasteiger partial charge in [-0.3, -0.25) is 4.79 Å². The number of likely N-dealkylation sites (tertiary alicyclic amines) is 1. The van der Waals surface area contributed by atoms with Gasteiger partial charge in [-0.1, -0.05) is 13.8 Å². The molecule has 0 N–H and O–H groups in total. The van der Waals surface area contributed by atoms with Gasteiger partial charge in [0, 0.05) is 12.0 Å². The van der Waals surface area contributed by atoms with Crippen LogP contribution in [0.2, 0.25) is 0 Å². The van der Waals surface area contributed by atoms with Crippen molar-refractivity contribution in [2.75, 3.05) is 13.7 Å². The summed E-state index contributed by atoms with van der Waals surface area (Å²) in [6, 6.07) is -0.464. The van der Waals surface area contributed by atoms with E-state index in [2.05, 4.69) is 4.74 Å². The number of esters is 1. The summed E-state index contributed by atoms with van der Waals surface area (Å²) in [5.74, 6) is -0.313. The summed E-state index contributed by atoms with van der Waals surface area (Å²) in [6.45, 7) is 6.14. The largest absolute Gasteiger partial charge is 0.467 e. The third kappa shape index (κ3) is 1.74. The predicted octanol–water partition coefficient (Wildman–Crippen LogP) is 0.806. The van der Waals surface area contributed by atoms with E-state index in [0.717, 1.165) is 6.42 Å². The van der Waals surface area contributed by atoms with E-state index in [1.807, 2.05) is 13.8 Å². The van der Waals surface area contributed by atoms with E-state index in [0.29, 0.717) is 6.54 Å². The molecule has 0 radical (unpaired) electrons. The molecule has 1 atom stereocenters. The first kappa shape index (κ1) is 11.0. The molecule has 0 aliphatic carbocycles. The fourth-order valence-electron chi connectivity index (χ4n) is 1.66. The third-order valence-corrected chi connectivity index (χ3v) is 2.83. The molecule has 1 unspecified atom stereocenters. The molecule has 1 aliphatic heterocycles. The van der Waals surface area contributed by atoms with Crippen LogP contribution in [-0.2, 0) is 14.3 Å². The number of hydrogen-bond acceptors (Lipinski definition) is 3. The van der Waals surface area contributed by atoms with Crippen LogP contribution < -0.4 is 0 Å². The normalized spacial score (nSPS) is 22.3. The fraction of sp³-hybridized carbons (Fsp3) is 0.800. The van der Waals surface area contributed by atoms with Gasteiger partial charge in [0.2, 0.25) is 5.91 Å². The first-order chi connectivity index (χ1) is 6.40. The number of amides is 1. The highest BCUT2D eigenvalue weighted by atomic mass is 16.5. The summed E-state index contributed by atoms with van der Waals surface area (Å²) in [5.41, 5.74) is -0.331. The molecule has 1 heterocycles. The van der Waals surface area contributed by atoms with Crippen molar-refractivity contribution in [3.63, 3.8) is 0 Å². The van der Waals surface area contributed by atoms with Crippen molar-refractivity contribution in [3.05, 3.63) is 0 Å². The Labute approximate surface area is 84.2 Å². The number of carbonyl (C=O) groups excluding carboxylic acids is 2. The zero-order valence-electron chi connectivity index (χ0n) is 9.16. The van der Waals surface area contributed by atoms with E-state index in [9.17, 15) is 9.59 Å². The summed E-state index contributed by atoms with van der Waals surface area (Å²) < 4.78 is 4.61. The summed E-state index contributed by atoms with van der Waals surface area (Å²) >= 11 is 0. The van der Waals surface area contributed by atoms with Gasteiger partial charge in [0.1, 0.15) is 6.04 Å². The number of methoxy groups -OCH3 is 1. The van der Waals surface area contributed by atoms with Crippen molar-refractivity contribution in [3.8, 4) is 0 Å². The van der Waals surface area contributed by atoms with Crippen molar-refractivity contribution in [2.24, 2.45) is 5.41 Å². The molecule has 14 heavy (non-hydrogen) atoms. The quantitative estimate of drug-likeness (QED) is 0.618. The highest BCUT2D eigenvalue weighted by Crippen LogP contribution is 2.31. The highest BCUT2D eigenvalue weighted by molar-refractivity contribution is 5.89. The van der Waals surface area contributed by atoms with Crippen molar-refractivity contribution >= 4 is 11.9 Å². The maximum atomic E-state index is 11.8. The van der Waals surface area contributed by atoms with E-state index >= 15 is 0 Å². The van der Waals surface area contributed by atoms with Crippen LogP contribution in [-0.4, -0.2) is 36.5 Å². The van der Waals surface area contributed by atoms with E-state index < -0.39 is 6.04 Å². The Morgan fingerprint density at radius 3 is 2.50 bits per heavy atom. The predicted molar refractivity (Wildman–Crippen MR) is 51.6 cm³/mol. The van der Waals surface area contributed by atoms with Crippen LogP contribution in [0.1, 0.15) is 27.2 Å². The first-order valence-electron chi connectivity index (χ1n) is 4.79. The van der Waals surface area contributed by atoms with Gasteiger partial charge < -0.3 is 9.64 Å². The molecule has 0 spiro atoms.